The number of hydrogen-bond donors (Lipinski definition) is 2. The molecule has 3 heteroatoms. The summed E-state index contributed by atoms with van der Waals surface area (Å²) in [4.78, 5) is 0. The molecule has 0 aliphatic heterocycles. The van der Waals surface area contributed by atoms with Crippen LogP contribution >= 0.6 is 0 Å². The summed E-state index contributed by atoms with van der Waals surface area (Å²) in [7, 11) is 0. The van der Waals surface area contributed by atoms with Crippen molar-refractivity contribution in [2.24, 2.45) is 0 Å². The summed E-state index contributed by atoms with van der Waals surface area (Å²) >= 11 is 0. The molecular weight excluding hydrogens is 500 g/mol. The van der Waals surface area contributed by atoms with Gasteiger partial charge in [-0.2, -0.15) is 0 Å². The predicted octanol–water partition coefficient (Wildman–Crippen LogP) is 9.31. The highest BCUT2D eigenvalue weighted by atomic mass is 16.5. The fourth-order valence-corrected chi connectivity index (χ4v) is 5.62. The van der Waals surface area contributed by atoms with E-state index in [-0.39, 0.29) is 12.3 Å². The van der Waals surface area contributed by atoms with Gasteiger partial charge in [-0.1, -0.05) is 182 Å². The lowest BCUT2D eigenvalue weighted by Crippen LogP contribution is -2.44. The molecular formula is C38H36N2O. The van der Waals surface area contributed by atoms with Crippen LogP contribution in [0.2, 0.25) is 0 Å². The summed E-state index contributed by atoms with van der Waals surface area (Å²) in [6.45, 7) is 0. The molecule has 41 heavy (non-hydrogen) atoms. The predicted molar refractivity (Wildman–Crippen MR) is 170 cm³/mol. The second-order valence-corrected chi connectivity index (χ2v) is 9.66. The number of hydrogen-bond acceptors (Lipinski definition) is 3. The van der Waals surface area contributed by atoms with E-state index >= 15 is 0 Å². The second-order valence-electron chi connectivity index (χ2n) is 9.66. The highest BCUT2D eigenvalue weighted by Crippen LogP contribution is 2.51. The van der Waals surface area contributed by atoms with E-state index in [4.69, 9.17) is 4.74 Å². The molecule has 3 nitrogen and oxygen atoms in total. The number of rotatable bonds is 8. The van der Waals surface area contributed by atoms with Crippen molar-refractivity contribution in [3.8, 4) is 0 Å². The third-order valence-electron chi connectivity index (χ3n) is 7.39. The minimum Gasteiger partial charge on any atom is -0.344 e. The normalized spacial score (nSPS) is 11.1. The maximum Gasteiger partial charge on any atom is 0.145 e. The summed E-state index contributed by atoms with van der Waals surface area (Å²) in [6.07, 6.45) is 0. The SMILES string of the molecule is N.N.c1ccc(C(OC(c2ccccc2)(c2ccccc2)c2ccccc2)(c2ccccc2)c2ccccc2)cc1. The molecule has 0 saturated carbocycles. The van der Waals surface area contributed by atoms with Crippen molar-refractivity contribution in [3.05, 3.63) is 215 Å². The molecule has 6 aromatic carbocycles. The first-order valence-electron chi connectivity index (χ1n) is 13.4. The van der Waals surface area contributed by atoms with Crippen LogP contribution in [0.25, 0.3) is 0 Å². The van der Waals surface area contributed by atoms with E-state index < -0.39 is 11.2 Å². The molecule has 0 aliphatic rings. The van der Waals surface area contributed by atoms with E-state index in [9.17, 15) is 0 Å². The van der Waals surface area contributed by atoms with E-state index in [0.29, 0.717) is 0 Å². The Morgan fingerprint density at radius 1 is 0.244 bits per heavy atom. The molecule has 0 fully saturated rings. The highest BCUT2D eigenvalue weighted by Gasteiger charge is 2.48. The van der Waals surface area contributed by atoms with E-state index in [1.54, 1.807) is 0 Å². The van der Waals surface area contributed by atoms with Gasteiger partial charge in [0.1, 0.15) is 11.2 Å². The Morgan fingerprint density at radius 3 is 0.537 bits per heavy atom. The first-order valence-corrected chi connectivity index (χ1v) is 13.4. The molecule has 0 heterocycles. The molecule has 0 bridgehead atoms. The first-order chi connectivity index (χ1) is 19.3. The molecule has 0 spiro atoms. The lowest BCUT2D eigenvalue weighted by Gasteiger charge is -2.46. The Kier molecular flexibility index (Phi) is 9.28. The first kappa shape index (κ1) is 29.2. The molecule has 0 aliphatic carbocycles. The van der Waals surface area contributed by atoms with Gasteiger partial charge in [-0.15, -0.1) is 0 Å². The van der Waals surface area contributed by atoms with Gasteiger partial charge in [0.2, 0.25) is 0 Å². The topological polar surface area (TPSA) is 79.2 Å². The molecule has 204 valence electrons. The smallest absolute Gasteiger partial charge is 0.145 e. The minimum absolute atomic E-state index is 0. The molecule has 0 aromatic heterocycles. The Hall–Kier alpha value is -4.80. The van der Waals surface area contributed by atoms with Gasteiger partial charge in [-0.3, -0.25) is 0 Å². The highest BCUT2D eigenvalue weighted by molar-refractivity contribution is 5.52. The van der Waals surface area contributed by atoms with Crippen molar-refractivity contribution in [1.29, 1.82) is 0 Å². The molecule has 0 saturated heterocycles. The second kappa shape index (κ2) is 13.0. The van der Waals surface area contributed by atoms with Crippen LogP contribution in [0.4, 0.5) is 0 Å². The average Bonchev–Trinajstić information content (AvgIpc) is 3.04. The van der Waals surface area contributed by atoms with Gasteiger partial charge in [0.25, 0.3) is 0 Å². The summed E-state index contributed by atoms with van der Waals surface area (Å²) in [5.74, 6) is 0. The molecule has 0 radical (unpaired) electrons. The van der Waals surface area contributed by atoms with Gasteiger partial charge >= 0.3 is 0 Å². The van der Waals surface area contributed by atoms with Crippen LogP contribution in [0.1, 0.15) is 33.4 Å². The Labute approximate surface area is 243 Å². The Bertz CT molecular complexity index is 1270. The van der Waals surface area contributed by atoms with E-state index in [0.717, 1.165) is 33.4 Å². The van der Waals surface area contributed by atoms with Crippen molar-refractivity contribution in [1.82, 2.24) is 12.3 Å². The van der Waals surface area contributed by atoms with Gasteiger partial charge < -0.3 is 17.0 Å². The fraction of sp³-hybridized carbons (Fsp3) is 0.0526. The molecule has 6 aromatic rings. The lowest BCUT2D eigenvalue weighted by atomic mass is 9.75. The lowest BCUT2D eigenvalue weighted by molar-refractivity contribution is -0.0810. The van der Waals surface area contributed by atoms with Crippen LogP contribution < -0.4 is 12.3 Å². The van der Waals surface area contributed by atoms with Gasteiger partial charge in [-0.25, -0.2) is 0 Å². The maximum atomic E-state index is 7.94. The molecule has 0 unspecified atom stereocenters. The molecule has 0 amide bonds. The standard InChI is InChI=1S/C38H30O.2H3N/c1-7-19-31(20-8-1)37(32-21-9-2-10-22-32,33-23-11-3-12-24-33)39-38(34-25-13-4-14-26-34,35-27-15-5-16-28-35)36-29-17-6-18-30-36;;/h1-30H;2*1H3. The third-order valence-corrected chi connectivity index (χ3v) is 7.39. The van der Waals surface area contributed by atoms with Gasteiger partial charge in [0, 0.05) is 0 Å². The van der Waals surface area contributed by atoms with Crippen LogP contribution in [0.3, 0.4) is 0 Å². The fourth-order valence-electron chi connectivity index (χ4n) is 5.62. The maximum absolute atomic E-state index is 7.94. The zero-order chi connectivity index (χ0) is 26.4. The van der Waals surface area contributed by atoms with Crippen LogP contribution in [0.5, 0.6) is 0 Å². The molecule has 6 rings (SSSR count). The third kappa shape index (κ3) is 5.34. The van der Waals surface area contributed by atoms with E-state index in [2.05, 4.69) is 182 Å². The quantitative estimate of drug-likeness (QED) is 0.190. The van der Waals surface area contributed by atoms with Crippen molar-refractivity contribution in [3.63, 3.8) is 0 Å². The van der Waals surface area contributed by atoms with Crippen molar-refractivity contribution in [2.75, 3.05) is 0 Å². The van der Waals surface area contributed by atoms with Crippen LogP contribution in [-0.4, -0.2) is 0 Å². The Morgan fingerprint density at radius 2 is 0.390 bits per heavy atom. The minimum atomic E-state index is -0.925. The number of ether oxygens (including phenoxy) is 1. The van der Waals surface area contributed by atoms with Crippen molar-refractivity contribution in [2.45, 2.75) is 11.2 Å². The summed E-state index contributed by atoms with van der Waals surface area (Å²) in [6, 6.07) is 63.5. The monoisotopic (exact) mass is 536 g/mol. The van der Waals surface area contributed by atoms with Crippen LogP contribution in [0, 0.1) is 0 Å². The largest absolute Gasteiger partial charge is 0.344 e. The molecule has 0 atom stereocenters. The van der Waals surface area contributed by atoms with Crippen molar-refractivity contribution >= 4 is 0 Å². The summed E-state index contributed by atoms with van der Waals surface area (Å²) in [5, 5.41) is 0. The van der Waals surface area contributed by atoms with E-state index in [1.165, 1.54) is 0 Å². The zero-order valence-corrected chi connectivity index (χ0v) is 23.1. The van der Waals surface area contributed by atoms with Crippen LogP contribution in [-0.2, 0) is 15.9 Å². The summed E-state index contributed by atoms with van der Waals surface area (Å²) in [5.41, 5.74) is 4.54. The van der Waals surface area contributed by atoms with Gasteiger partial charge in [0.15, 0.2) is 0 Å². The number of benzene rings is 6. The summed E-state index contributed by atoms with van der Waals surface area (Å²) < 4.78 is 7.94. The van der Waals surface area contributed by atoms with E-state index in [1.807, 2.05) is 0 Å². The zero-order valence-electron chi connectivity index (χ0n) is 23.1. The van der Waals surface area contributed by atoms with Gasteiger partial charge in [0.05, 0.1) is 0 Å². The van der Waals surface area contributed by atoms with Crippen molar-refractivity contribution < 1.29 is 4.74 Å². The van der Waals surface area contributed by atoms with Crippen LogP contribution in [0.15, 0.2) is 182 Å². The van der Waals surface area contributed by atoms with Gasteiger partial charge in [-0.05, 0) is 33.4 Å². The Balaban J connectivity index is 0.00000194. The average molecular weight is 537 g/mol. The molecule has 6 N–H and O–H groups in total.